The van der Waals surface area contributed by atoms with Crippen LogP contribution in [0.25, 0.3) is 0 Å². The van der Waals surface area contributed by atoms with Crippen molar-refractivity contribution < 1.29 is 9.47 Å². The average molecular weight is 258 g/mol. The summed E-state index contributed by atoms with van der Waals surface area (Å²) in [5.41, 5.74) is 1.09. The third kappa shape index (κ3) is 4.19. The van der Waals surface area contributed by atoms with Crippen LogP contribution in [0.5, 0.6) is 5.75 Å². The van der Waals surface area contributed by atoms with E-state index in [4.69, 9.17) is 21.1 Å². The molecule has 0 aliphatic heterocycles. The maximum atomic E-state index is 6.18. The smallest absolute Gasteiger partial charge is 0.138 e. The molecule has 3 nitrogen and oxygen atoms in total. The highest BCUT2D eigenvalue weighted by Crippen LogP contribution is 2.28. The van der Waals surface area contributed by atoms with Gasteiger partial charge < -0.3 is 14.8 Å². The van der Waals surface area contributed by atoms with E-state index >= 15 is 0 Å². The average Bonchev–Trinajstić information content (AvgIpc) is 2.28. The van der Waals surface area contributed by atoms with Crippen LogP contribution >= 0.6 is 11.6 Å². The van der Waals surface area contributed by atoms with Gasteiger partial charge in [0.2, 0.25) is 0 Å². The fraction of sp³-hybridized carbons (Fsp3) is 0.538. The molecule has 96 valence electrons. The molecule has 0 saturated heterocycles. The van der Waals surface area contributed by atoms with Gasteiger partial charge in [0, 0.05) is 7.11 Å². The zero-order chi connectivity index (χ0) is 12.8. The lowest BCUT2D eigenvalue weighted by Gasteiger charge is -2.17. The molecule has 0 heterocycles. The first-order valence-electron chi connectivity index (χ1n) is 5.70. The van der Waals surface area contributed by atoms with Crippen LogP contribution < -0.4 is 10.1 Å². The van der Waals surface area contributed by atoms with Gasteiger partial charge in [-0.05, 0) is 38.6 Å². The summed E-state index contributed by atoms with van der Waals surface area (Å²) in [7, 11) is 3.58. The van der Waals surface area contributed by atoms with Gasteiger partial charge in [0.05, 0.1) is 23.8 Å². The SMILES string of the molecule is CNC(COC)c1ccc(OC(C)C)c(Cl)c1. The summed E-state index contributed by atoms with van der Waals surface area (Å²) in [6, 6.07) is 5.96. The molecule has 0 saturated carbocycles. The molecular weight excluding hydrogens is 238 g/mol. The van der Waals surface area contributed by atoms with Gasteiger partial charge in [-0.3, -0.25) is 0 Å². The number of halogens is 1. The van der Waals surface area contributed by atoms with Crippen LogP contribution in [0.2, 0.25) is 5.02 Å². The molecular formula is C13H20ClNO2. The van der Waals surface area contributed by atoms with Crippen molar-refractivity contribution in [2.45, 2.75) is 26.0 Å². The predicted molar refractivity (Wildman–Crippen MR) is 70.9 cm³/mol. The Balaban J connectivity index is 2.86. The molecule has 1 rings (SSSR count). The second-order valence-corrected chi connectivity index (χ2v) is 4.56. The summed E-state index contributed by atoms with van der Waals surface area (Å²) < 4.78 is 10.7. The molecule has 1 aromatic rings. The van der Waals surface area contributed by atoms with Crippen LogP contribution in [-0.2, 0) is 4.74 Å². The molecule has 1 N–H and O–H groups in total. The topological polar surface area (TPSA) is 30.5 Å². The second-order valence-electron chi connectivity index (χ2n) is 4.15. The molecule has 0 radical (unpaired) electrons. The van der Waals surface area contributed by atoms with Gasteiger partial charge in [-0.25, -0.2) is 0 Å². The van der Waals surface area contributed by atoms with Crippen molar-refractivity contribution in [1.82, 2.24) is 5.32 Å². The number of methoxy groups -OCH3 is 1. The zero-order valence-electron chi connectivity index (χ0n) is 10.8. The van der Waals surface area contributed by atoms with E-state index in [1.54, 1.807) is 7.11 Å². The number of hydrogen-bond acceptors (Lipinski definition) is 3. The molecule has 0 aromatic heterocycles. The van der Waals surface area contributed by atoms with Crippen molar-refractivity contribution in [2.24, 2.45) is 0 Å². The third-order valence-electron chi connectivity index (χ3n) is 2.40. The molecule has 1 atom stereocenters. The van der Waals surface area contributed by atoms with Gasteiger partial charge in [0.15, 0.2) is 0 Å². The monoisotopic (exact) mass is 257 g/mol. The molecule has 0 spiro atoms. The Labute approximate surface area is 108 Å². The van der Waals surface area contributed by atoms with Crippen molar-refractivity contribution in [3.63, 3.8) is 0 Å². The minimum atomic E-state index is 0.123. The first-order valence-corrected chi connectivity index (χ1v) is 6.08. The predicted octanol–water partition coefficient (Wildman–Crippen LogP) is 3.03. The van der Waals surface area contributed by atoms with E-state index in [1.165, 1.54) is 0 Å². The molecule has 0 aliphatic carbocycles. The Morgan fingerprint density at radius 3 is 2.53 bits per heavy atom. The summed E-state index contributed by atoms with van der Waals surface area (Å²) >= 11 is 6.18. The van der Waals surface area contributed by atoms with E-state index in [2.05, 4.69) is 5.32 Å². The van der Waals surface area contributed by atoms with Crippen LogP contribution in [-0.4, -0.2) is 26.9 Å². The molecule has 4 heteroatoms. The standard InChI is InChI=1S/C13H20ClNO2/c1-9(2)17-13-6-5-10(7-11(13)14)12(15-3)8-16-4/h5-7,9,12,15H,8H2,1-4H3. The molecule has 0 aliphatic rings. The highest BCUT2D eigenvalue weighted by Gasteiger charge is 2.11. The van der Waals surface area contributed by atoms with Crippen LogP contribution in [0.1, 0.15) is 25.5 Å². The van der Waals surface area contributed by atoms with Crippen LogP contribution in [0.15, 0.2) is 18.2 Å². The number of benzene rings is 1. The van der Waals surface area contributed by atoms with Crippen molar-refractivity contribution in [2.75, 3.05) is 20.8 Å². The number of ether oxygens (including phenoxy) is 2. The number of likely N-dealkylation sites (N-methyl/N-ethyl adjacent to an activating group) is 1. The van der Waals surface area contributed by atoms with E-state index in [9.17, 15) is 0 Å². The Hall–Kier alpha value is -0.770. The fourth-order valence-corrected chi connectivity index (χ4v) is 1.83. The summed E-state index contributed by atoms with van der Waals surface area (Å²) in [6.07, 6.45) is 0.123. The largest absolute Gasteiger partial charge is 0.489 e. The van der Waals surface area contributed by atoms with E-state index in [0.717, 1.165) is 11.3 Å². The Bertz CT molecular complexity index is 355. The highest BCUT2D eigenvalue weighted by atomic mass is 35.5. The minimum absolute atomic E-state index is 0.123. The Kier molecular flexibility index (Phi) is 5.75. The molecule has 1 aromatic carbocycles. The minimum Gasteiger partial charge on any atom is -0.489 e. The number of nitrogens with one attached hydrogen (secondary N) is 1. The molecule has 0 amide bonds. The number of hydrogen-bond donors (Lipinski definition) is 1. The summed E-state index contributed by atoms with van der Waals surface area (Å²) in [6.45, 7) is 4.56. The van der Waals surface area contributed by atoms with Gasteiger partial charge >= 0.3 is 0 Å². The lowest BCUT2D eigenvalue weighted by molar-refractivity contribution is 0.170. The highest BCUT2D eigenvalue weighted by molar-refractivity contribution is 6.32. The van der Waals surface area contributed by atoms with Gasteiger partial charge in [0.25, 0.3) is 0 Å². The maximum Gasteiger partial charge on any atom is 0.138 e. The van der Waals surface area contributed by atoms with Crippen molar-refractivity contribution in [1.29, 1.82) is 0 Å². The van der Waals surface area contributed by atoms with Crippen LogP contribution in [0.4, 0.5) is 0 Å². The maximum absolute atomic E-state index is 6.18. The van der Waals surface area contributed by atoms with Crippen molar-refractivity contribution in [3.8, 4) is 5.75 Å². The van der Waals surface area contributed by atoms with Crippen LogP contribution in [0, 0.1) is 0 Å². The van der Waals surface area contributed by atoms with E-state index in [1.807, 2.05) is 39.1 Å². The van der Waals surface area contributed by atoms with Gasteiger partial charge in [0.1, 0.15) is 5.75 Å². The first-order chi connectivity index (χ1) is 8.08. The van der Waals surface area contributed by atoms with Crippen LogP contribution in [0.3, 0.4) is 0 Å². The van der Waals surface area contributed by atoms with Crippen molar-refractivity contribution in [3.05, 3.63) is 28.8 Å². The zero-order valence-corrected chi connectivity index (χ0v) is 11.5. The molecule has 17 heavy (non-hydrogen) atoms. The van der Waals surface area contributed by atoms with Gasteiger partial charge in [-0.15, -0.1) is 0 Å². The summed E-state index contributed by atoms with van der Waals surface area (Å²) in [5.74, 6) is 0.720. The van der Waals surface area contributed by atoms with E-state index in [0.29, 0.717) is 11.6 Å². The second kappa shape index (κ2) is 6.84. The van der Waals surface area contributed by atoms with Gasteiger partial charge in [-0.2, -0.15) is 0 Å². The molecule has 1 unspecified atom stereocenters. The quantitative estimate of drug-likeness (QED) is 0.850. The number of rotatable bonds is 6. The molecule has 0 bridgehead atoms. The Morgan fingerprint density at radius 1 is 1.35 bits per heavy atom. The van der Waals surface area contributed by atoms with E-state index in [-0.39, 0.29) is 12.1 Å². The van der Waals surface area contributed by atoms with E-state index < -0.39 is 0 Å². The first kappa shape index (κ1) is 14.3. The van der Waals surface area contributed by atoms with Crippen molar-refractivity contribution >= 4 is 11.6 Å². The fourth-order valence-electron chi connectivity index (χ4n) is 1.60. The third-order valence-corrected chi connectivity index (χ3v) is 2.70. The lowest BCUT2D eigenvalue weighted by Crippen LogP contribution is -2.21. The lowest BCUT2D eigenvalue weighted by atomic mass is 10.1. The normalized spacial score (nSPS) is 12.8. The Morgan fingerprint density at radius 2 is 2.06 bits per heavy atom. The molecule has 0 fully saturated rings. The summed E-state index contributed by atoms with van der Waals surface area (Å²) in [5, 5.41) is 3.81. The van der Waals surface area contributed by atoms with Gasteiger partial charge in [-0.1, -0.05) is 17.7 Å². The summed E-state index contributed by atoms with van der Waals surface area (Å²) in [4.78, 5) is 0.